The van der Waals surface area contributed by atoms with E-state index in [0.717, 1.165) is 0 Å². The highest BCUT2D eigenvalue weighted by Gasteiger charge is -0.0138. The Morgan fingerprint density at radius 2 is 0.600 bits per heavy atom. The first kappa shape index (κ1) is 1000. The molecule has 0 spiro atoms. The van der Waals surface area contributed by atoms with Gasteiger partial charge in [-0.2, -0.15) is 0 Å². The van der Waals surface area contributed by atoms with Gasteiger partial charge in [-0.3, -0.25) is 0 Å². The SMILES string of the molecule is N.O.O.[SiH4].[SiH4]. The van der Waals surface area contributed by atoms with Crippen molar-refractivity contribution < 1.29 is 11.0 Å². The standard InChI is InChI=1S/H3N.2H2O.2H4Si/h1H3;2*1H2;2*1H4. The van der Waals surface area contributed by atoms with Crippen LogP contribution in [0.15, 0.2) is 0 Å². The lowest BCUT2D eigenvalue weighted by molar-refractivity contribution is 0.823. The first-order chi connectivity index (χ1) is 0. The van der Waals surface area contributed by atoms with E-state index < -0.39 is 0 Å². The Bertz CT molecular complexity index is 7.61. The van der Waals surface area contributed by atoms with Gasteiger partial charge in [-0.1, -0.05) is 0 Å². The summed E-state index contributed by atoms with van der Waals surface area (Å²) in [7, 11) is 0. The third-order valence-corrected chi connectivity index (χ3v) is 0. The van der Waals surface area contributed by atoms with Crippen molar-refractivity contribution in [2.45, 2.75) is 0 Å². The molecule has 0 aromatic rings. The van der Waals surface area contributed by atoms with E-state index in [4.69, 9.17) is 0 Å². The monoisotopic (exact) mass is 117 g/mol. The van der Waals surface area contributed by atoms with Gasteiger partial charge in [-0.05, 0) is 21.9 Å². The highest BCUT2D eigenvalue weighted by atomic mass is 28.1. The molecule has 0 saturated heterocycles. The molecule has 0 aliphatic heterocycles. The van der Waals surface area contributed by atoms with Gasteiger partial charge in [-0.15, -0.1) is 0 Å². The van der Waals surface area contributed by atoms with Crippen molar-refractivity contribution in [3.8, 4) is 0 Å². The number of hydrogen-bond donors (Lipinski definition) is 1. The van der Waals surface area contributed by atoms with Crippen LogP contribution >= 0.6 is 0 Å². The van der Waals surface area contributed by atoms with Gasteiger partial charge in [-0.25, -0.2) is 0 Å². The second kappa shape index (κ2) is 481. The summed E-state index contributed by atoms with van der Waals surface area (Å²) in [5.74, 6) is 0. The van der Waals surface area contributed by atoms with Crippen LogP contribution in [-0.2, 0) is 0 Å². The minimum atomic E-state index is 0. The maximum Gasteiger partial charge on any atom is -0.0149 e. The van der Waals surface area contributed by atoms with Crippen LogP contribution in [-0.4, -0.2) is 32.9 Å². The third-order valence-electron chi connectivity index (χ3n) is 0. The Kier molecular flexibility index (Phi) is 96700. The first-order valence-corrected chi connectivity index (χ1v) is 0. The molecule has 0 bridgehead atoms. The Balaban J connectivity index is 0. The van der Waals surface area contributed by atoms with Crippen LogP contribution < -0.4 is 6.15 Å². The zero-order valence-corrected chi connectivity index (χ0v) is 1.71. The molecule has 40 valence electrons. The molecule has 0 saturated carbocycles. The molecule has 0 heterocycles. The predicted octanol–water partition coefficient (Wildman–Crippen LogP) is -4.39. The fourth-order valence-electron chi connectivity index (χ4n) is 0. The lowest BCUT2D eigenvalue weighted by Gasteiger charge is -0.413. The van der Waals surface area contributed by atoms with Crippen molar-refractivity contribution in [3.05, 3.63) is 0 Å². The Morgan fingerprint density at radius 3 is 0.600 bits per heavy atom. The first-order valence-electron chi connectivity index (χ1n) is 0. The quantitative estimate of drug-likeness (QED) is 0.318. The maximum absolute atomic E-state index is 0. The van der Waals surface area contributed by atoms with Gasteiger partial charge >= 0.3 is 0 Å². The Morgan fingerprint density at radius 1 is 0.600 bits per heavy atom. The zero-order valence-electron chi connectivity index (χ0n) is 1.71. The van der Waals surface area contributed by atoms with E-state index in [1.165, 1.54) is 0 Å². The minimum Gasteiger partial charge on any atom is -0.412 e. The van der Waals surface area contributed by atoms with Crippen LogP contribution in [0.4, 0.5) is 0 Å². The highest BCUT2D eigenvalue weighted by molar-refractivity contribution is 5.76. The summed E-state index contributed by atoms with van der Waals surface area (Å²) < 4.78 is 0. The van der Waals surface area contributed by atoms with E-state index >= 15 is 0 Å². The summed E-state index contributed by atoms with van der Waals surface area (Å²) in [5, 5.41) is 0. The average Bonchev–Trinajstić information content (AvgIpc) is 0. The molecule has 5 heteroatoms. The van der Waals surface area contributed by atoms with Crippen LogP contribution in [0.5, 0.6) is 0 Å². The van der Waals surface area contributed by atoms with Crippen LogP contribution in [0.2, 0.25) is 0 Å². The van der Waals surface area contributed by atoms with Crippen LogP contribution in [0.3, 0.4) is 0 Å². The Labute approximate surface area is 40.0 Å². The normalized spacial score (nSPS) is 0. The summed E-state index contributed by atoms with van der Waals surface area (Å²) >= 11 is 0. The van der Waals surface area contributed by atoms with Crippen molar-refractivity contribution in [1.29, 1.82) is 0 Å². The van der Waals surface area contributed by atoms with Gasteiger partial charge in [0.25, 0.3) is 0 Å². The van der Waals surface area contributed by atoms with Crippen molar-refractivity contribution in [3.63, 3.8) is 0 Å². The van der Waals surface area contributed by atoms with Gasteiger partial charge in [0, 0.05) is 0 Å². The fraction of sp³-hybridized carbons (Fsp3) is 0. The second-order valence-corrected chi connectivity index (χ2v) is 0. The molecule has 0 rings (SSSR count). The van der Waals surface area contributed by atoms with E-state index in [-0.39, 0.29) is 39.0 Å². The summed E-state index contributed by atoms with van der Waals surface area (Å²) in [6.07, 6.45) is 0. The molecule has 7 N–H and O–H groups in total. The topological polar surface area (TPSA) is 98.0 Å². The lowest BCUT2D eigenvalue weighted by Crippen LogP contribution is -0.481. The van der Waals surface area contributed by atoms with Crippen molar-refractivity contribution >= 4 is 21.9 Å². The maximum atomic E-state index is 0. The summed E-state index contributed by atoms with van der Waals surface area (Å²) in [6, 6.07) is 0. The largest absolute Gasteiger partial charge is 0.412 e. The average molecular weight is 117 g/mol. The van der Waals surface area contributed by atoms with Crippen LogP contribution in [0.25, 0.3) is 0 Å². The molecule has 0 unspecified atom stereocenters. The molecule has 0 aromatic heterocycles. The molecule has 0 atom stereocenters. The van der Waals surface area contributed by atoms with Crippen molar-refractivity contribution in [2.24, 2.45) is 0 Å². The number of hydrogen-bond acceptors (Lipinski definition) is 1. The van der Waals surface area contributed by atoms with E-state index in [1.807, 2.05) is 0 Å². The minimum absolute atomic E-state index is 0. The molecular formula is H15NO2Si2. The molecule has 3 nitrogen and oxygen atoms in total. The van der Waals surface area contributed by atoms with E-state index in [2.05, 4.69) is 0 Å². The highest BCUT2D eigenvalue weighted by Crippen LogP contribution is -0.288. The Hall–Kier alpha value is 0.314. The molecular weight excluding hydrogens is 102 g/mol. The fourth-order valence-corrected chi connectivity index (χ4v) is 0. The smallest absolute Gasteiger partial charge is 0.0149 e. The molecule has 0 fully saturated rings. The second-order valence-electron chi connectivity index (χ2n) is 0. The summed E-state index contributed by atoms with van der Waals surface area (Å²) in [6.45, 7) is 0. The molecule has 0 aliphatic rings. The van der Waals surface area contributed by atoms with Gasteiger partial charge in [0.05, 0.1) is 0 Å². The lowest BCUT2D eigenvalue weighted by atomic mass is 14.0. The van der Waals surface area contributed by atoms with Gasteiger partial charge < -0.3 is 17.1 Å². The molecule has 0 aliphatic carbocycles. The molecule has 0 amide bonds. The number of rotatable bonds is 0. The van der Waals surface area contributed by atoms with E-state index in [9.17, 15) is 0 Å². The van der Waals surface area contributed by atoms with Gasteiger partial charge in [0.15, 0.2) is 0 Å². The van der Waals surface area contributed by atoms with Gasteiger partial charge in [0.2, 0.25) is 0 Å². The molecule has 0 aromatic carbocycles. The van der Waals surface area contributed by atoms with Crippen molar-refractivity contribution in [1.82, 2.24) is 6.15 Å². The van der Waals surface area contributed by atoms with Crippen LogP contribution in [0.1, 0.15) is 0 Å². The summed E-state index contributed by atoms with van der Waals surface area (Å²) in [5.41, 5.74) is 0. The molecule has 0 radical (unpaired) electrons. The van der Waals surface area contributed by atoms with E-state index in [1.54, 1.807) is 0 Å². The van der Waals surface area contributed by atoms with Crippen LogP contribution in [0, 0.1) is 0 Å². The molecule has 5 heavy (non-hydrogen) atoms. The summed E-state index contributed by atoms with van der Waals surface area (Å²) in [4.78, 5) is 0. The third kappa shape index (κ3) is 235. The van der Waals surface area contributed by atoms with Gasteiger partial charge in [0.1, 0.15) is 0 Å². The zero-order chi connectivity index (χ0) is 0. The van der Waals surface area contributed by atoms with E-state index in [0.29, 0.717) is 0 Å². The predicted molar refractivity (Wildman–Crippen MR) is 34.9 cm³/mol. The van der Waals surface area contributed by atoms with Crippen molar-refractivity contribution in [2.75, 3.05) is 0 Å².